The summed E-state index contributed by atoms with van der Waals surface area (Å²) in [6, 6.07) is 4.34. The molecule has 0 radical (unpaired) electrons. The Labute approximate surface area is 107 Å². The van der Waals surface area contributed by atoms with Crippen molar-refractivity contribution in [3.8, 4) is 0 Å². The van der Waals surface area contributed by atoms with Crippen LogP contribution in [0.25, 0.3) is 0 Å². The molecule has 0 saturated heterocycles. The van der Waals surface area contributed by atoms with Gasteiger partial charge in [-0.25, -0.2) is 9.18 Å². The first-order chi connectivity index (χ1) is 8.60. The Bertz CT molecular complexity index is 387. The Morgan fingerprint density at radius 3 is 2.78 bits per heavy atom. The molecule has 0 saturated carbocycles. The number of hydrogen-bond donors (Lipinski definition) is 1. The largest absolute Gasteiger partial charge is 0.467 e. The number of esters is 1. The van der Waals surface area contributed by atoms with Gasteiger partial charge in [-0.15, -0.1) is 0 Å². The van der Waals surface area contributed by atoms with E-state index in [1.54, 1.807) is 19.1 Å². The molecule has 0 amide bonds. The molecule has 1 aromatic rings. The van der Waals surface area contributed by atoms with Crippen molar-refractivity contribution in [1.82, 2.24) is 0 Å². The average molecular weight is 253 g/mol. The van der Waals surface area contributed by atoms with Gasteiger partial charge in [-0.2, -0.15) is 0 Å². The number of carbonyl (C=O) groups excluding carboxylic acids is 1. The van der Waals surface area contributed by atoms with Crippen LogP contribution < -0.4 is 5.32 Å². The van der Waals surface area contributed by atoms with Crippen molar-refractivity contribution in [3.63, 3.8) is 0 Å². The second-order valence-electron chi connectivity index (χ2n) is 4.29. The lowest BCUT2D eigenvalue weighted by Gasteiger charge is -2.19. The third kappa shape index (κ3) is 3.72. The lowest BCUT2D eigenvalue weighted by molar-refractivity contribution is -0.141. The monoisotopic (exact) mass is 253 g/mol. The van der Waals surface area contributed by atoms with E-state index in [2.05, 4.69) is 5.32 Å². The first-order valence-corrected chi connectivity index (χ1v) is 6.19. The summed E-state index contributed by atoms with van der Waals surface area (Å²) in [5, 5.41) is 2.95. The number of unbranched alkanes of at least 4 members (excludes halogenated alkanes) is 1. The van der Waals surface area contributed by atoms with Crippen LogP contribution in [0, 0.1) is 12.7 Å². The number of halogens is 1. The molecule has 3 nitrogen and oxygen atoms in total. The van der Waals surface area contributed by atoms with Gasteiger partial charge in [-0.1, -0.05) is 31.9 Å². The van der Waals surface area contributed by atoms with Crippen molar-refractivity contribution in [3.05, 3.63) is 29.6 Å². The number of methoxy groups -OCH3 is 1. The van der Waals surface area contributed by atoms with Crippen LogP contribution in [0.4, 0.5) is 10.1 Å². The molecule has 0 aliphatic rings. The average Bonchev–Trinajstić information content (AvgIpc) is 2.36. The van der Waals surface area contributed by atoms with E-state index in [4.69, 9.17) is 4.74 Å². The summed E-state index contributed by atoms with van der Waals surface area (Å²) >= 11 is 0. The molecule has 1 aromatic carbocycles. The molecular weight excluding hydrogens is 233 g/mol. The molecule has 18 heavy (non-hydrogen) atoms. The van der Waals surface area contributed by atoms with Crippen molar-refractivity contribution in [1.29, 1.82) is 0 Å². The third-order valence-corrected chi connectivity index (χ3v) is 2.87. The van der Waals surface area contributed by atoms with Gasteiger partial charge in [0.2, 0.25) is 0 Å². The van der Waals surface area contributed by atoms with Gasteiger partial charge in [0.25, 0.3) is 0 Å². The Kier molecular flexibility index (Phi) is 5.62. The van der Waals surface area contributed by atoms with Gasteiger partial charge in [-0.3, -0.25) is 0 Å². The number of benzene rings is 1. The molecule has 1 unspecified atom stereocenters. The fourth-order valence-corrected chi connectivity index (χ4v) is 1.79. The van der Waals surface area contributed by atoms with E-state index in [1.807, 2.05) is 6.92 Å². The third-order valence-electron chi connectivity index (χ3n) is 2.87. The van der Waals surface area contributed by atoms with Gasteiger partial charge in [0.1, 0.15) is 11.9 Å². The zero-order chi connectivity index (χ0) is 13.5. The van der Waals surface area contributed by atoms with E-state index < -0.39 is 6.04 Å². The lowest BCUT2D eigenvalue weighted by atomic mass is 10.1. The molecule has 1 atom stereocenters. The fourth-order valence-electron chi connectivity index (χ4n) is 1.79. The van der Waals surface area contributed by atoms with Crippen LogP contribution in [-0.2, 0) is 9.53 Å². The molecule has 0 aliphatic carbocycles. The standard InChI is InChI=1S/C14H20FNO2/c1-4-5-9-12(14(17)18-3)16-13-10(2)7-6-8-11(13)15/h6-8,12,16H,4-5,9H2,1-3H3. The maximum absolute atomic E-state index is 13.7. The fraction of sp³-hybridized carbons (Fsp3) is 0.500. The molecule has 0 bridgehead atoms. The van der Waals surface area contributed by atoms with Gasteiger partial charge < -0.3 is 10.1 Å². The molecule has 1 N–H and O–H groups in total. The van der Waals surface area contributed by atoms with Crippen molar-refractivity contribution < 1.29 is 13.9 Å². The SMILES string of the molecule is CCCCC(Nc1c(C)cccc1F)C(=O)OC. The number of para-hydroxylation sites is 1. The molecule has 100 valence electrons. The Balaban J connectivity index is 2.85. The van der Waals surface area contributed by atoms with E-state index in [9.17, 15) is 9.18 Å². The topological polar surface area (TPSA) is 38.3 Å². The first-order valence-electron chi connectivity index (χ1n) is 6.19. The van der Waals surface area contributed by atoms with E-state index in [0.717, 1.165) is 18.4 Å². The van der Waals surface area contributed by atoms with Gasteiger partial charge in [0.05, 0.1) is 12.8 Å². The predicted octanol–water partition coefficient (Wildman–Crippen LogP) is 3.28. The summed E-state index contributed by atoms with van der Waals surface area (Å²) in [7, 11) is 1.34. The summed E-state index contributed by atoms with van der Waals surface area (Å²) in [4.78, 5) is 11.6. The van der Waals surface area contributed by atoms with Crippen LogP contribution in [-0.4, -0.2) is 19.1 Å². The lowest BCUT2D eigenvalue weighted by Crippen LogP contribution is -2.31. The number of hydrogen-bond acceptors (Lipinski definition) is 3. The molecule has 0 heterocycles. The number of rotatable bonds is 6. The van der Waals surface area contributed by atoms with Gasteiger partial charge in [0, 0.05) is 0 Å². The molecule has 0 aromatic heterocycles. The minimum Gasteiger partial charge on any atom is -0.467 e. The highest BCUT2D eigenvalue weighted by Crippen LogP contribution is 2.21. The molecule has 0 spiro atoms. The molecular formula is C14H20FNO2. The normalized spacial score (nSPS) is 12.0. The molecule has 0 aliphatic heterocycles. The second-order valence-corrected chi connectivity index (χ2v) is 4.29. The quantitative estimate of drug-likeness (QED) is 0.791. The minimum atomic E-state index is -0.495. The number of carbonyl (C=O) groups is 1. The molecule has 0 fully saturated rings. The Morgan fingerprint density at radius 2 is 2.22 bits per heavy atom. The number of anilines is 1. The first kappa shape index (κ1) is 14.5. The highest BCUT2D eigenvalue weighted by molar-refractivity contribution is 5.79. The van der Waals surface area contributed by atoms with Crippen molar-refractivity contribution in [2.75, 3.05) is 12.4 Å². The Hall–Kier alpha value is -1.58. The van der Waals surface area contributed by atoms with E-state index in [1.165, 1.54) is 13.2 Å². The summed E-state index contributed by atoms with van der Waals surface area (Å²) in [5.41, 5.74) is 1.16. The summed E-state index contributed by atoms with van der Waals surface area (Å²) in [5.74, 6) is -0.702. The summed E-state index contributed by atoms with van der Waals surface area (Å²) in [6.07, 6.45) is 2.50. The minimum absolute atomic E-state index is 0.347. The van der Waals surface area contributed by atoms with E-state index >= 15 is 0 Å². The number of aryl methyl sites for hydroxylation is 1. The number of ether oxygens (including phenoxy) is 1. The van der Waals surface area contributed by atoms with Crippen molar-refractivity contribution >= 4 is 11.7 Å². The smallest absolute Gasteiger partial charge is 0.328 e. The van der Waals surface area contributed by atoms with Gasteiger partial charge >= 0.3 is 5.97 Å². The maximum Gasteiger partial charge on any atom is 0.328 e. The second kappa shape index (κ2) is 6.99. The zero-order valence-electron chi connectivity index (χ0n) is 11.1. The zero-order valence-corrected chi connectivity index (χ0v) is 11.1. The van der Waals surface area contributed by atoms with Crippen LogP contribution in [0.1, 0.15) is 31.7 Å². The predicted molar refractivity (Wildman–Crippen MR) is 70.1 cm³/mol. The molecule has 4 heteroatoms. The molecule has 1 rings (SSSR count). The van der Waals surface area contributed by atoms with Crippen LogP contribution in [0.5, 0.6) is 0 Å². The summed E-state index contributed by atoms with van der Waals surface area (Å²) in [6.45, 7) is 3.85. The maximum atomic E-state index is 13.7. The van der Waals surface area contributed by atoms with E-state index in [-0.39, 0.29) is 11.8 Å². The van der Waals surface area contributed by atoms with Crippen molar-refractivity contribution in [2.24, 2.45) is 0 Å². The number of nitrogens with one attached hydrogen (secondary N) is 1. The Morgan fingerprint density at radius 1 is 1.50 bits per heavy atom. The highest BCUT2D eigenvalue weighted by Gasteiger charge is 2.20. The van der Waals surface area contributed by atoms with E-state index in [0.29, 0.717) is 12.1 Å². The van der Waals surface area contributed by atoms with Crippen LogP contribution in [0.2, 0.25) is 0 Å². The van der Waals surface area contributed by atoms with Gasteiger partial charge in [-0.05, 0) is 25.0 Å². The summed E-state index contributed by atoms with van der Waals surface area (Å²) < 4.78 is 18.4. The van der Waals surface area contributed by atoms with Crippen molar-refractivity contribution in [2.45, 2.75) is 39.2 Å². The van der Waals surface area contributed by atoms with Gasteiger partial charge in [0.15, 0.2) is 0 Å². The van der Waals surface area contributed by atoms with Crippen LogP contribution in [0.15, 0.2) is 18.2 Å². The van der Waals surface area contributed by atoms with Crippen LogP contribution >= 0.6 is 0 Å². The highest BCUT2D eigenvalue weighted by atomic mass is 19.1. The van der Waals surface area contributed by atoms with Crippen LogP contribution in [0.3, 0.4) is 0 Å².